The van der Waals surface area contributed by atoms with Crippen LogP contribution in [0.1, 0.15) is 10.4 Å². The van der Waals surface area contributed by atoms with Crippen molar-refractivity contribution in [3.8, 4) is 11.8 Å². The van der Waals surface area contributed by atoms with Gasteiger partial charge < -0.3 is 9.47 Å². The molecule has 0 spiro atoms. The number of carbonyl (C=O) groups is 1. The van der Waals surface area contributed by atoms with Crippen LogP contribution in [0.4, 0.5) is 0 Å². The fraction of sp³-hybridized carbons (Fsp3) is 0.250. The molecule has 1 saturated heterocycles. The van der Waals surface area contributed by atoms with Crippen LogP contribution >= 0.6 is 0 Å². The summed E-state index contributed by atoms with van der Waals surface area (Å²) >= 11 is 0. The normalized spacial score (nSPS) is 15.7. The molecule has 0 radical (unpaired) electrons. The lowest BCUT2D eigenvalue weighted by Crippen LogP contribution is -2.04. The maximum atomic E-state index is 11.5. The predicted octanol–water partition coefficient (Wildman–Crippen LogP) is 1.25. The molecule has 1 fully saturated rings. The number of hydrogen-bond donors (Lipinski definition) is 0. The summed E-state index contributed by atoms with van der Waals surface area (Å²) in [5.41, 5.74) is 0.586. The fourth-order valence-electron chi connectivity index (χ4n) is 1.23. The SMILES string of the molecule is O=C(C#CC1OCCO1)c1ccccc1. The summed E-state index contributed by atoms with van der Waals surface area (Å²) in [5.74, 6) is 4.92. The van der Waals surface area contributed by atoms with Crippen molar-refractivity contribution >= 4 is 5.78 Å². The number of ketones is 1. The quantitative estimate of drug-likeness (QED) is 0.390. The van der Waals surface area contributed by atoms with Crippen molar-refractivity contribution in [3.05, 3.63) is 35.9 Å². The molecule has 1 aromatic rings. The van der Waals surface area contributed by atoms with E-state index < -0.39 is 6.29 Å². The van der Waals surface area contributed by atoms with E-state index in [9.17, 15) is 4.79 Å². The number of Topliss-reactive ketones (excluding diaryl/α,β-unsaturated/α-hetero) is 1. The van der Waals surface area contributed by atoms with E-state index in [1.165, 1.54) is 0 Å². The number of rotatable bonds is 1. The highest BCUT2D eigenvalue weighted by atomic mass is 16.7. The van der Waals surface area contributed by atoms with E-state index in [-0.39, 0.29) is 5.78 Å². The van der Waals surface area contributed by atoms with E-state index in [1.54, 1.807) is 24.3 Å². The third-order valence-corrected chi connectivity index (χ3v) is 1.96. The summed E-state index contributed by atoms with van der Waals surface area (Å²) in [4.78, 5) is 11.5. The summed E-state index contributed by atoms with van der Waals surface area (Å²) in [6.07, 6.45) is -0.544. The average Bonchev–Trinajstić information content (AvgIpc) is 2.80. The Morgan fingerprint density at radius 3 is 2.53 bits per heavy atom. The summed E-state index contributed by atoms with van der Waals surface area (Å²) < 4.78 is 10.2. The number of ether oxygens (including phenoxy) is 2. The lowest BCUT2D eigenvalue weighted by atomic mass is 10.1. The highest BCUT2D eigenvalue weighted by Crippen LogP contribution is 2.02. The van der Waals surface area contributed by atoms with Gasteiger partial charge in [-0.2, -0.15) is 0 Å². The summed E-state index contributed by atoms with van der Waals surface area (Å²) in [6.45, 7) is 1.08. The Kier molecular flexibility index (Phi) is 3.13. The Labute approximate surface area is 88.0 Å². The van der Waals surface area contributed by atoms with Gasteiger partial charge in [0.1, 0.15) is 0 Å². The van der Waals surface area contributed by atoms with Gasteiger partial charge in [0.05, 0.1) is 13.2 Å². The van der Waals surface area contributed by atoms with Crippen molar-refractivity contribution in [3.63, 3.8) is 0 Å². The molecule has 2 rings (SSSR count). The maximum absolute atomic E-state index is 11.5. The first kappa shape index (κ1) is 9.91. The van der Waals surface area contributed by atoms with Crippen LogP contribution in [0.2, 0.25) is 0 Å². The van der Waals surface area contributed by atoms with Crippen molar-refractivity contribution < 1.29 is 14.3 Å². The van der Waals surface area contributed by atoms with Gasteiger partial charge in [-0.3, -0.25) is 4.79 Å². The molecule has 3 heteroatoms. The van der Waals surface area contributed by atoms with E-state index in [0.717, 1.165) is 0 Å². The minimum Gasteiger partial charge on any atom is -0.340 e. The molecular weight excluding hydrogens is 192 g/mol. The summed E-state index contributed by atoms with van der Waals surface area (Å²) in [6, 6.07) is 8.92. The van der Waals surface area contributed by atoms with Gasteiger partial charge in [-0.1, -0.05) is 30.3 Å². The molecule has 0 unspecified atom stereocenters. The third-order valence-electron chi connectivity index (χ3n) is 1.96. The molecule has 0 bridgehead atoms. The molecule has 1 aliphatic rings. The van der Waals surface area contributed by atoms with Crippen molar-refractivity contribution in [2.45, 2.75) is 6.29 Å². The molecule has 3 nitrogen and oxygen atoms in total. The smallest absolute Gasteiger partial charge is 0.236 e. The Morgan fingerprint density at radius 2 is 1.87 bits per heavy atom. The lowest BCUT2D eigenvalue weighted by molar-refractivity contribution is 0.00638. The van der Waals surface area contributed by atoms with Crippen LogP contribution in [-0.4, -0.2) is 25.3 Å². The van der Waals surface area contributed by atoms with Gasteiger partial charge in [0.15, 0.2) is 0 Å². The average molecular weight is 202 g/mol. The Hall–Kier alpha value is -1.63. The Bertz CT molecular complexity index is 394. The molecule has 15 heavy (non-hydrogen) atoms. The maximum Gasteiger partial charge on any atom is 0.236 e. The standard InChI is InChI=1S/C12H10O3/c13-11(10-4-2-1-3-5-10)6-7-12-14-8-9-15-12/h1-5,12H,8-9H2. The zero-order chi connectivity index (χ0) is 10.5. The number of hydrogen-bond acceptors (Lipinski definition) is 3. The van der Waals surface area contributed by atoms with Gasteiger partial charge in [-0.05, 0) is 11.8 Å². The third kappa shape index (κ3) is 2.66. The summed E-state index contributed by atoms with van der Waals surface area (Å²) in [7, 11) is 0. The van der Waals surface area contributed by atoms with Crippen LogP contribution < -0.4 is 0 Å². The van der Waals surface area contributed by atoms with Crippen LogP contribution in [0.15, 0.2) is 30.3 Å². The first-order valence-electron chi connectivity index (χ1n) is 4.70. The van der Waals surface area contributed by atoms with E-state index >= 15 is 0 Å². The van der Waals surface area contributed by atoms with E-state index in [0.29, 0.717) is 18.8 Å². The Balaban J connectivity index is 2.03. The van der Waals surface area contributed by atoms with E-state index in [4.69, 9.17) is 9.47 Å². The van der Waals surface area contributed by atoms with Gasteiger partial charge in [0.25, 0.3) is 0 Å². The number of carbonyl (C=O) groups excluding carboxylic acids is 1. The monoisotopic (exact) mass is 202 g/mol. The minimum absolute atomic E-state index is 0.213. The fourth-order valence-corrected chi connectivity index (χ4v) is 1.23. The van der Waals surface area contributed by atoms with Gasteiger partial charge >= 0.3 is 0 Å². The van der Waals surface area contributed by atoms with Crippen molar-refractivity contribution in [1.82, 2.24) is 0 Å². The Morgan fingerprint density at radius 1 is 1.20 bits per heavy atom. The van der Waals surface area contributed by atoms with Gasteiger partial charge in [0, 0.05) is 5.56 Å². The highest BCUT2D eigenvalue weighted by molar-refractivity contribution is 6.08. The van der Waals surface area contributed by atoms with Gasteiger partial charge in [-0.15, -0.1) is 0 Å². The second-order valence-electron chi connectivity index (χ2n) is 3.04. The second kappa shape index (κ2) is 4.74. The van der Waals surface area contributed by atoms with Crippen molar-refractivity contribution in [1.29, 1.82) is 0 Å². The topological polar surface area (TPSA) is 35.5 Å². The summed E-state index contributed by atoms with van der Waals surface area (Å²) in [5, 5.41) is 0. The van der Waals surface area contributed by atoms with Crippen LogP contribution in [0.25, 0.3) is 0 Å². The lowest BCUT2D eigenvalue weighted by Gasteiger charge is -1.96. The molecule has 76 valence electrons. The zero-order valence-electron chi connectivity index (χ0n) is 8.10. The molecule has 1 aliphatic heterocycles. The molecule has 1 heterocycles. The van der Waals surface area contributed by atoms with E-state index in [2.05, 4.69) is 11.8 Å². The molecule has 0 saturated carbocycles. The molecule has 0 atom stereocenters. The van der Waals surface area contributed by atoms with Crippen molar-refractivity contribution in [2.75, 3.05) is 13.2 Å². The number of benzene rings is 1. The van der Waals surface area contributed by atoms with Crippen molar-refractivity contribution in [2.24, 2.45) is 0 Å². The predicted molar refractivity (Wildman–Crippen MR) is 54.2 cm³/mol. The first-order chi connectivity index (χ1) is 7.36. The van der Waals surface area contributed by atoms with Gasteiger partial charge in [-0.25, -0.2) is 0 Å². The van der Waals surface area contributed by atoms with Crippen LogP contribution in [-0.2, 0) is 9.47 Å². The molecule has 0 N–H and O–H groups in total. The highest BCUT2D eigenvalue weighted by Gasteiger charge is 2.12. The molecule has 0 aliphatic carbocycles. The van der Waals surface area contributed by atoms with E-state index in [1.807, 2.05) is 6.07 Å². The first-order valence-corrected chi connectivity index (χ1v) is 4.70. The van der Waals surface area contributed by atoms with Crippen LogP contribution in [0.5, 0.6) is 0 Å². The van der Waals surface area contributed by atoms with Crippen LogP contribution in [0, 0.1) is 11.8 Å². The largest absolute Gasteiger partial charge is 0.340 e. The molecule has 0 aromatic heterocycles. The molecule has 1 aromatic carbocycles. The van der Waals surface area contributed by atoms with Gasteiger partial charge in [0.2, 0.25) is 12.1 Å². The molecular formula is C12H10O3. The molecule has 0 amide bonds. The minimum atomic E-state index is -0.544. The zero-order valence-corrected chi connectivity index (χ0v) is 8.10. The second-order valence-corrected chi connectivity index (χ2v) is 3.04. The van der Waals surface area contributed by atoms with Crippen LogP contribution in [0.3, 0.4) is 0 Å².